The summed E-state index contributed by atoms with van der Waals surface area (Å²) in [6.45, 7) is 3.63. The zero-order valence-corrected chi connectivity index (χ0v) is 20.0. The van der Waals surface area contributed by atoms with Gasteiger partial charge in [-0.05, 0) is 44.2 Å². The number of sulfonamides is 1. The smallest absolute Gasteiger partial charge is 0.329 e. The summed E-state index contributed by atoms with van der Waals surface area (Å²) in [4.78, 5) is 43.5. The van der Waals surface area contributed by atoms with Crippen molar-refractivity contribution in [3.05, 3.63) is 59.4 Å². The van der Waals surface area contributed by atoms with E-state index in [1.54, 1.807) is 34.9 Å². The van der Waals surface area contributed by atoms with Crippen molar-refractivity contribution in [2.75, 3.05) is 14.1 Å². The second kappa shape index (κ2) is 8.65. The highest BCUT2D eigenvalue weighted by Crippen LogP contribution is 2.26. The number of nitrogens with zero attached hydrogens (tertiary/aromatic N) is 4. The minimum Gasteiger partial charge on any atom is -0.456 e. The molecule has 0 radical (unpaired) electrons. The summed E-state index contributed by atoms with van der Waals surface area (Å²) in [7, 11) is -0.731. The van der Waals surface area contributed by atoms with Gasteiger partial charge in [-0.3, -0.25) is 14.5 Å². The summed E-state index contributed by atoms with van der Waals surface area (Å²) in [5, 5.41) is 0. The van der Waals surface area contributed by atoms with Crippen LogP contribution in [0.1, 0.15) is 40.4 Å². The number of fused-ring (bicyclic) bond motifs is 2. The van der Waals surface area contributed by atoms with E-state index in [0.29, 0.717) is 23.4 Å². The number of hydrogen-bond donors (Lipinski definition) is 0. The molecule has 10 nitrogen and oxygen atoms in total. The maximum atomic E-state index is 12.7. The highest BCUT2D eigenvalue weighted by atomic mass is 32.2. The molecule has 2 amide bonds. The largest absolute Gasteiger partial charge is 0.456 e. The number of amides is 2. The van der Waals surface area contributed by atoms with Gasteiger partial charge in [0.05, 0.1) is 27.1 Å². The molecular formula is C23H24N4O6S. The molecule has 0 saturated heterocycles. The minimum atomic E-state index is -3.63. The van der Waals surface area contributed by atoms with Crippen LogP contribution in [0.4, 0.5) is 0 Å². The van der Waals surface area contributed by atoms with E-state index in [-0.39, 0.29) is 22.6 Å². The molecule has 0 N–H and O–H groups in total. The molecule has 0 spiro atoms. The molecule has 1 aliphatic rings. The summed E-state index contributed by atoms with van der Waals surface area (Å²) in [6.07, 6.45) is 0. The molecule has 4 rings (SSSR count). The van der Waals surface area contributed by atoms with E-state index in [9.17, 15) is 22.8 Å². The number of rotatable bonds is 7. The van der Waals surface area contributed by atoms with Crippen LogP contribution in [0.15, 0.2) is 47.4 Å². The Morgan fingerprint density at radius 2 is 1.71 bits per heavy atom. The van der Waals surface area contributed by atoms with Crippen LogP contribution >= 0.6 is 0 Å². The third-order valence-corrected chi connectivity index (χ3v) is 7.60. The first-order chi connectivity index (χ1) is 16.1. The Bertz CT molecular complexity index is 1390. The Hall–Kier alpha value is -3.57. The van der Waals surface area contributed by atoms with E-state index in [4.69, 9.17) is 4.74 Å². The Morgan fingerprint density at radius 1 is 1.09 bits per heavy atom. The number of aryl methyl sites for hydroxylation is 1. The lowest BCUT2D eigenvalue weighted by atomic mass is 10.1. The topological polar surface area (TPSA) is 119 Å². The first-order valence-electron chi connectivity index (χ1n) is 10.6. The maximum Gasteiger partial charge on any atom is 0.329 e. The van der Waals surface area contributed by atoms with Gasteiger partial charge in [0.15, 0.2) is 0 Å². The van der Waals surface area contributed by atoms with Crippen molar-refractivity contribution in [3.8, 4) is 0 Å². The van der Waals surface area contributed by atoms with Crippen LogP contribution in [-0.4, -0.2) is 65.1 Å². The summed E-state index contributed by atoms with van der Waals surface area (Å²) in [5.41, 5.74) is 1.65. The maximum absolute atomic E-state index is 12.7. The fourth-order valence-corrected chi connectivity index (χ4v) is 4.84. The van der Waals surface area contributed by atoms with E-state index in [0.717, 1.165) is 9.21 Å². The number of carbonyl (C=O) groups excluding carboxylic acids is 3. The van der Waals surface area contributed by atoms with Crippen molar-refractivity contribution in [2.45, 2.75) is 37.9 Å². The molecule has 1 aromatic heterocycles. The van der Waals surface area contributed by atoms with Gasteiger partial charge >= 0.3 is 5.97 Å². The minimum absolute atomic E-state index is 0.105. The van der Waals surface area contributed by atoms with Gasteiger partial charge in [0, 0.05) is 20.6 Å². The van der Waals surface area contributed by atoms with E-state index < -0.39 is 33.8 Å². The standard InChI is InChI=1S/C23H24N4O6S/c1-5-26-19-11-10-15(34(31,32)25(3)4)12-18(19)24-20(26)13-33-23(30)14(2)27-21(28)16-8-6-7-9-17(16)22(27)29/h6-12,14H,5,13H2,1-4H3/t14-/m1/s1. The van der Waals surface area contributed by atoms with Gasteiger partial charge in [-0.1, -0.05) is 12.1 Å². The molecule has 11 heteroatoms. The van der Waals surface area contributed by atoms with Gasteiger partial charge in [-0.15, -0.1) is 0 Å². The molecule has 2 aromatic carbocycles. The van der Waals surface area contributed by atoms with Crippen LogP contribution in [0.5, 0.6) is 0 Å². The number of imide groups is 1. The van der Waals surface area contributed by atoms with Crippen LogP contribution in [-0.2, 0) is 32.7 Å². The predicted octanol–water partition coefficient (Wildman–Crippen LogP) is 2.03. The molecule has 0 unspecified atom stereocenters. The fourth-order valence-electron chi connectivity index (χ4n) is 3.92. The lowest BCUT2D eigenvalue weighted by molar-refractivity contribution is -0.149. The molecule has 0 saturated carbocycles. The SMILES string of the molecule is CCn1c(COC(=O)[C@@H](C)N2C(=O)c3ccccc3C2=O)nc2cc(S(=O)(=O)N(C)C)ccc21. The third-order valence-electron chi connectivity index (χ3n) is 5.79. The average molecular weight is 485 g/mol. The fraction of sp³-hybridized carbons (Fsp3) is 0.304. The molecular weight excluding hydrogens is 460 g/mol. The molecule has 34 heavy (non-hydrogen) atoms. The quantitative estimate of drug-likeness (QED) is 0.372. The summed E-state index contributed by atoms with van der Waals surface area (Å²) >= 11 is 0. The van der Waals surface area contributed by atoms with Gasteiger partial charge in [0.1, 0.15) is 18.5 Å². The number of esters is 1. The van der Waals surface area contributed by atoms with E-state index in [1.807, 2.05) is 6.92 Å². The molecule has 3 aromatic rings. The number of benzene rings is 2. The Morgan fingerprint density at radius 3 is 2.26 bits per heavy atom. The van der Waals surface area contributed by atoms with Gasteiger partial charge in [-0.2, -0.15) is 0 Å². The monoisotopic (exact) mass is 484 g/mol. The van der Waals surface area contributed by atoms with Crippen LogP contribution in [0.2, 0.25) is 0 Å². The van der Waals surface area contributed by atoms with Crippen molar-refractivity contribution in [2.24, 2.45) is 0 Å². The Kier molecular flexibility index (Phi) is 6.00. The second-order valence-corrected chi connectivity index (χ2v) is 10.2. The summed E-state index contributed by atoms with van der Waals surface area (Å²) in [5.74, 6) is -1.42. The van der Waals surface area contributed by atoms with Gasteiger partial charge in [-0.25, -0.2) is 22.5 Å². The highest BCUT2D eigenvalue weighted by Gasteiger charge is 2.41. The first kappa shape index (κ1) is 23.6. The predicted molar refractivity (Wildman–Crippen MR) is 122 cm³/mol. The van der Waals surface area contributed by atoms with E-state index >= 15 is 0 Å². The zero-order chi connectivity index (χ0) is 24.8. The van der Waals surface area contributed by atoms with Gasteiger partial charge in [0.2, 0.25) is 10.0 Å². The molecule has 178 valence electrons. The number of hydrogen-bond acceptors (Lipinski definition) is 7. The lowest BCUT2D eigenvalue weighted by Gasteiger charge is -2.20. The number of imidazole rings is 1. The number of carbonyl (C=O) groups is 3. The van der Waals surface area contributed by atoms with Crippen molar-refractivity contribution < 1.29 is 27.5 Å². The van der Waals surface area contributed by atoms with Crippen LogP contribution in [0.3, 0.4) is 0 Å². The zero-order valence-electron chi connectivity index (χ0n) is 19.2. The summed E-state index contributed by atoms with van der Waals surface area (Å²) < 4.78 is 33.2. The number of aromatic nitrogens is 2. The Balaban J connectivity index is 1.54. The van der Waals surface area contributed by atoms with Crippen molar-refractivity contribution >= 4 is 38.8 Å². The molecule has 0 fully saturated rings. The van der Waals surface area contributed by atoms with Crippen molar-refractivity contribution in [1.82, 2.24) is 18.8 Å². The highest BCUT2D eigenvalue weighted by molar-refractivity contribution is 7.89. The third kappa shape index (κ3) is 3.76. The van der Waals surface area contributed by atoms with Crippen LogP contribution < -0.4 is 0 Å². The average Bonchev–Trinajstić information content (AvgIpc) is 3.30. The van der Waals surface area contributed by atoms with Crippen LogP contribution in [0, 0.1) is 0 Å². The first-order valence-corrected chi connectivity index (χ1v) is 12.1. The molecule has 0 aliphatic carbocycles. The molecule has 1 atom stereocenters. The number of ether oxygens (including phenoxy) is 1. The van der Waals surface area contributed by atoms with Crippen LogP contribution in [0.25, 0.3) is 11.0 Å². The molecule has 2 heterocycles. The Labute approximate surface area is 196 Å². The van der Waals surface area contributed by atoms with E-state index in [2.05, 4.69) is 4.98 Å². The lowest BCUT2D eigenvalue weighted by Crippen LogP contribution is -2.43. The molecule has 1 aliphatic heterocycles. The molecule has 0 bridgehead atoms. The van der Waals surface area contributed by atoms with Crippen molar-refractivity contribution in [1.29, 1.82) is 0 Å². The van der Waals surface area contributed by atoms with E-state index in [1.165, 1.54) is 33.2 Å². The van der Waals surface area contributed by atoms with Gasteiger partial charge in [0.25, 0.3) is 11.8 Å². The van der Waals surface area contributed by atoms with Crippen molar-refractivity contribution in [3.63, 3.8) is 0 Å². The normalized spacial score (nSPS) is 14.7. The summed E-state index contributed by atoms with van der Waals surface area (Å²) in [6, 6.07) is 9.92. The second-order valence-electron chi connectivity index (χ2n) is 8.02. The van der Waals surface area contributed by atoms with Gasteiger partial charge < -0.3 is 9.30 Å².